The number of carbonyl (C=O) groups excluding carboxylic acids is 1. The van der Waals surface area contributed by atoms with Crippen LogP contribution in [0.4, 0.5) is 11.5 Å². The van der Waals surface area contributed by atoms with Gasteiger partial charge in [-0.3, -0.25) is 4.79 Å². The maximum atomic E-state index is 13.1. The van der Waals surface area contributed by atoms with Gasteiger partial charge in [0.15, 0.2) is 5.69 Å². The molecular formula is C26H20Cl3N9O3. The van der Waals surface area contributed by atoms with Crippen LogP contribution in [0.1, 0.15) is 27.3 Å². The van der Waals surface area contributed by atoms with Crippen molar-refractivity contribution >= 4 is 58.4 Å². The maximum Gasteiger partial charge on any atom is 0.293 e. The average molecular weight is 613 g/mol. The Morgan fingerprint density at radius 3 is 2.56 bits per heavy atom. The molecule has 2 heterocycles. The van der Waals surface area contributed by atoms with Gasteiger partial charge in [-0.1, -0.05) is 64.3 Å². The van der Waals surface area contributed by atoms with Crippen LogP contribution < -0.4 is 21.2 Å². The van der Waals surface area contributed by atoms with Gasteiger partial charge in [-0.25, -0.2) is 10.1 Å². The first-order chi connectivity index (χ1) is 19.9. The lowest BCUT2D eigenvalue weighted by molar-refractivity contribution is 0.0949. The van der Waals surface area contributed by atoms with E-state index in [1.807, 2.05) is 30.3 Å². The SMILES string of the molecule is Nc1nonc1-n1nnc(C(=O)NN=Cc2cc(Cl)ccc2OCc2c(Cl)cccc2Cl)c1CNc1ccccc1. The molecule has 0 radical (unpaired) electrons. The molecule has 0 aliphatic heterocycles. The molecule has 5 aromatic rings. The molecule has 0 unspecified atom stereocenters. The van der Waals surface area contributed by atoms with Gasteiger partial charge in [0, 0.05) is 31.9 Å². The molecule has 15 heteroatoms. The maximum absolute atomic E-state index is 13.1. The summed E-state index contributed by atoms with van der Waals surface area (Å²) in [6, 6.07) is 19.5. The zero-order valence-electron chi connectivity index (χ0n) is 21.0. The number of rotatable bonds is 10. The summed E-state index contributed by atoms with van der Waals surface area (Å²) < 4.78 is 11.9. The van der Waals surface area contributed by atoms with E-state index >= 15 is 0 Å². The third-order valence-electron chi connectivity index (χ3n) is 5.68. The van der Waals surface area contributed by atoms with Gasteiger partial charge in [-0.05, 0) is 52.8 Å². The van der Waals surface area contributed by atoms with Crippen molar-refractivity contribution in [1.82, 2.24) is 30.7 Å². The molecule has 0 atom stereocenters. The fourth-order valence-electron chi connectivity index (χ4n) is 3.67. The summed E-state index contributed by atoms with van der Waals surface area (Å²) in [5.41, 5.74) is 10.5. The summed E-state index contributed by atoms with van der Waals surface area (Å²) in [6.45, 7) is 0.251. The predicted octanol–water partition coefficient (Wildman–Crippen LogP) is 5.15. The second-order valence-electron chi connectivity index (χ2n) is 8.36. The van der Waals surface area contributed by atoms with Crippen molar-refractivity contribution in [1.29, 1.82) is 0 Å². The molecule has 0 spiro atoms. The lowest BCUT2D eigenvalue weighted by Crippen LogP contribution is -2.21. The number of anilines is 2. The third-order valence-corrected chi connectivity index (χ3v) is 6.63. The van der Waals surface area contributed by atoms with E-state index < -0.39 is 5.91 Å². The van der Waals surface area contributed by atoms with Gasteiger partial charge in [0.1, 0.15) is 12.4 Å². The second kappa shape index (κ2) is 12.7. The molecule has 208 valence electrons. The van der Waals surface area contributed by atoms with Gasteiger partial charge in [0.05, 0.1) is 18.5 Å². The number of hydrogen-bond donors (Lipinski definition) is 3. The fraction of sp³-hybridized carbons (Fsp3) is 0.0769. The van der Waals surface area contributed by atoms with Crippen LogP contribution in [0.2, 0.25) is 15.1 Å². The fourth-order valence-corrected chi connectivity index (χ4v) is 4.36. The Kier molecular flexibility index (Phi) is 8.63. The first-order valence-corrected chi connectivity index (χ1v) is 13.0. The number of hydrazone groups is 1. The highest BCUT2D eigenvalue weighted by Crippen LogP contribution is 2.28. The number of nitrogens with zero attached hydrogens (tertiary/aromatic N) is 6. The molecule has 2 aromatic heterocycles. The Bertz CT molecular complexity index is 1690. The van der Waals surface area contributed by atoms with E-state index in [1.165, 1.54) is 10.9 Å². The van der Waals surface area contributed by atoms with E-state index in [1.54, 1.807) is 36.4 Å². The Balaban J connectivity index is 1.34. The molecule has 5 rings (SSSR count). The van der Waals surface area contributed by atoms with Crippen molar-refractivity contribution in [2.45, 2.75) is 13.2 Å². The van der Waals surface area contributed by atoms with Crippen molar-refractivity contribution in [3.05, 3.63) is 104 Å². The van der Waals surface area contributed by atoms with Crippen molar-refractivity contribution in [3.8, 4) is 11.6 Å². The smallest absolute Gasteiger partial charge is 0.293 e. The minimum Gasteiger partial charge on any atom is -0.488 e. The second-order valence-corrected chi connectivity index (χ2v) is 9.61. The highest BCUT2D eigenvalue weighted by molar-refractivity contribution is 6.36. The topological polar surface area (TPSA) is 158 Å². The Hall–Kier alpha value is -4.65. The van der Waals surface area contributed by atoms with Crippen LogP contribution in [0.5, 0.6) is 5.75 Å². The largest absolute Gasteiger partial charge is 0.488 e. The number of aromatic nitrogens is 5. The van der Waals surface area contributed by atoms with Gasteiger partial charge < -0.3 is 15.8 Å². The first-order valence-electron chi connectivity index (χ1n) is 11.9. The van der Waals surface area contributed by atoms with Gasteiger partial charge >= 0.3 is 0 Å². The molecule has 4 N–H and O–H groups in total. The van der Waals surface area contributed by atoms with Gasteiger partial charge in [-0.15, -0.1) is 5.10 Å². The normalized spacial score (nSPS) is 11.1. The Morgan fingerprint density at radius 2 is 1.83 bits per heavy atom. The van der Waals surface area contributed by atoms with E-state index in [2.05, 4.69) is 41.1 Å². The molecule has 41 heavy (non-hydrogen) atoms. The average Bonchev–Trinajstić information content (AvgIpc) is 3.58. The third kappa shape index (κ3) is 6.57. The van der Waals surface area contributed by atoms with Gasteiger partial charge in [-0.2, -0.15) is 9.78 Å². The molecule has 0 aliphatic rings. The van der Waals surface area contributed by atoms with Crippen LogP contribution in [0.3, 0.4) is 0 Å². The molecule has 3 aromatic carbocycles. The number of benzene rings is 3. The van der Waals surface area contributed by atoms with Crippen molar-refractivity contribution in [2.24, 2.45) is 5.10 Å². The molecule has 1 amide bonds. The minimum absolute atomic E-state index is 0.0209. The van der Waals surface area contributed by atoms with E-state index in [4.69, 9.17) is 45.3 Å². The van der Waals surface area contributed by atoms with Crippen LogP contribution in [-0.4, -0.2) is 37.4 Å². The van der Waals surface area contributed by atoms with Crippen LogP contribution in [0.15, 0.2) is 76.5 Å². The summed E-state index contributed by atoms with van der Waals surface area (Å²) in [5.74, 6) is -0.132. The number of amides is 1. The summed E-state index contributed by atoms with van der Waals surface area (Å²) in [7, 11) is 0. The highest BCUT2D eigenvalue weighted by atomic mass is 35.5. The zero-order chi connectivity index (χ0) is 28.8. The number of ether oxygens (including phenoxy) is 1. The molecule has 0 bridgehead atoms. The Labute approximate surface area is 248 Å². The van der Waals surface area contributed by atoms with E-state index in [-0.39, 0.29) is 30.5 Å². The number of hydrogen-bond acceptors (Lipinski definition) is 10. The summed E-state index contributed by atoms with van der Waals surface area (Å²) in [6.07, 6.45) is 1.39. The molecule has 12 nitrogen and oxygen atoms in total. The lowest BCUT2D eigenvalue weighted by Gasteiger charge is -2.12. The highest BCUT2D eigenvalue weighted by Gasteiger charge is 2.24. The summed E-state index contributed by atoms with van der Waals surface area (Å²) >= 11 is 18.7. The van der Waals surface area contributed by atoms with Crippen LogP contribution >= 0.6 is 34.8 Å². The summed E-state index contributed by atoms with van der Waals surface area (Å²) in [4.78, 5) is 13.1. The monoisotopic (exact) mass is 611 g/mol. The number of para-hydroxylation sites is 1. The number of carbonyl (C=O) groups is 1. The van der Waals surface area contributed by atoms with Gasteiger partial charge in [0.25, 0.3) is 5.91 Å². The van der Waals surface area contributed by atoms with Crippen molar-refractivity contribution in [3.63, 3.8) is 0 Å². The standard InChI is InChI=1S/C26H20Cl3N9O3/c27-16-9-10-22(40-14-18-19(28)7-4-8-20(18)29)15(11-16)12-32-34-26(39)23-21(13-31-17-5-2-1-3-6-17)38(37-33-23)25-24(30)35-41-36-25/h1-12,31H,13-14H2,(H2,30,35)(H,34,39). The molecule has 0 saturated carbocycles. The van der Waals surface area contributed by atoms with Crippen molar-refractivity contribution < 1.29 is 14.2 Å². The minimum atomic E-state index is -0.639. The molecule has 0 saturated heterocycles. The van der Waals surface area contributed by atoms with Crippen LogP contribution in [-0.2, 0) is 13.2 Å². The number of nitrogen functional groups attached to an aromatic ring is 1. The quantitative estimate of drug-likeness (QED) is 0.143. The van der Waals surface area contributed by atoms with E-state index in [9.17, 15) is 4.79 Å². The van der Waals surface area contributed by atoms with E-state index in [0.29, 0.717) is 37.6 Å². The number of nitrogens with two attached hydrogens (primary N) is 1. The Morgan fingerprint density at radius 1 is 1.05 bits per heavy atom. The van der Waals surface area contributed by atoms with Crippen LogP contribution in [0.25, 0.3) is 5.82 Å². The predicted molar refractivity (Wildman–Crippen MR) is 155 cm³/mol. The van der Waals surface area contributed by atoms with Crippen molar-refractivity contribution in [2.75, 3.05) is 11.1 Å². The number of nitrogens with one attached hydrogen (secondary N) is 2. The summed E-state index contributed by atoms with van der Waals surface area (Å²) in [5, 5.41) is 24.0. The number of halogens is 3. The molecule has 0 aliphatic carbocycles. The first kappa shape index (κ1) is 27.9. The van der Waals surface area contributed by atoms with Crippen LogP contribution in [0, 0.1) is 0 Å². The van der Waals surface area contributed by atoms with Gasteiger partial charge in [0.2, 0.25) is 11.6 Å². The lowest BCUT2D eigenvalue weighted by atomic mass is 10.2. The molecule has 0 fully saturated rings. The van der Waals surface area contributed by atoms with E-state index in [0.717, 1.165) is 5.69 Å². The zero-order valence-corrected chi connectivity index (χ0v) is 23.2. The molecular weight excluding hydrogens is 593 g/mol.